The van der Waals surface area contributed by atoms with Crippen molar-refractivity contribution in [3.8, 4) is 0 Å². The van der Waals surface area contributed by atoms with E-state index in [-0.39, 0.29) is 0 Å². The van der Waals surface area contributed by atoms with Crippen LogP contribution in [0.15, 0.2) is 24.3 Å². The lowest BCUT2D eigenvalue weighted by molar-refractivity contribution is -0.0206. The molecular weight excluding hydrogens is 262 g/mol. The number of hydrogen-bond acceptors (Lipinski definition) is 2. The van der Waals surface area contributed by atoms with Crippen LogP contribution in [0.3, 0.4) is 0 Å². The molecule has 0 aliphatic heterocycles. The molecule has 3 heteroatoms. The van der Waals surface area contributed by atoms with Crippen LogP contribution in [0.25, 0.3) is 0 Å². The Labute approximate surface area is 125 Å². The van der Waals surface area contributed by atoms with Gasteiger partial charge >= 0.3 is 5.97 Å². The van der Waals surface area contributed by atoms with E-state index in [4.69, 9.17) is 5.11 Å². The van der Waals surface area contributed by atoms with Gasteiger partial charge in [-0.25, -0.2) is 4.79 Å². The number of carbonyl (C=O) groups is 1. The fourth-order valence-electron chi connectivity index (χ4n) is 5.43. The Bertz CT molecular complexity index is 531. The smallest absolute Gasteiger partial charge is 0.335 e. The van der Waals surface area contributed by atoms with Crippen LogP contribution < -0.4 is 5.32 Å². The van der Waals surface area contributed by atoms with Crippen molar-refractivity contribution in [2.75, 3.05) is 0 Å². The zero-order chi connectivity index (χ0) is 14.4. The number of benzene rings is 1. The van der Waals surface area contributed by atoms with Gasteiger partial charge in [-0.05, 0) is 74.0 Å². The molecule has 3 nitrogen and oxygen atoms in total. The van der Waals surface area contributed by atoms with Gasteiger partial charge in [0.05, 0.1) is 5.56 Å². The molecule has 5 rings (SSSR count). The minimum absolute atomic E-state index is 0.341. The molecule has 4 bridgehead atoms. The molecule has 1 aromatic carbocycles. The van der Waals surface area contributed by atoms with E-state index in [1.165, 1.54) is 38.5 Å². The molecule has 4 saturated carbocycles. The maximum atomic E-state index is 11.1. The highest BCUT2D eigenvalue weighted by Crippen LogP contribution is 2.55. The highest BCUT2D eigenvalue weighted by Gasteiger charge is 2.50. The molecule has 1 aromatic rings. The summed E-state index contributed by atoms with van der Waals surface area (Å²) in [7, 11) is 0. The third-order valence-corrected chi connectivity index (χ3v) is 5.88. The second kappa shape index (κ2) is 4.84. The average molecular weight is 285 g/mol. The fraction of sp³-hybridized carbons (Fsp3) is 0.611. The second-order valence-corrected chi connectivity index (χ2v) is 7.56. The van der Waals surface area contributed by atoms with E-state index in [0.717, 1.165) is 29.9 Å². The van der Waals surface area contributed by atoms with Crippen molar-refractivity contribution in [1.29, 1.82) is 0 Å². The number of carboxylic acids is 1. The Hall–Kier alpha value is -1.35. The van der Waals surface area contributed by atoms with Gasteiger partial charge in [-0.15, -0.1) is 0 Å². The first kappa shape index (κ1) is 13.3. The summed E-state index contributed by atoms with van der Waals surface area (Å²) in [5.41, 5.74) is 1.82. The van der Waals surface area contributed by atoms with Gasteiger partial charge in [-0.2, -0.15) is 0 Å². The van der Waals surface area contributed by atoms with Crippen molar-refractivity contribution in [1.82, 2.24) is 5.32 Å². The molecule has 0 radical (unpaired) electrons. The molecule has 0 saturated heterocycles. The fourth-order valence-corrected chi connectivity index (χ4v) is 5.43. The molecule has 0 aromatic heterocycles. The molecule has 0 atom stereocenters. The quantitative estimate of drug-likeness (QED) is 0.891. The van der Waals surface area contributed by atoms with Gasteiger partial charge in [0.25, 0.3) is 0 Å². The highest BCUT2D eigenvalue weighted by atomic mass is 16.4. The maximum absolute atomic E-state index is 11.1. The van der Waals surface area contributed by atoms with Crippen LogP contribution in [0.4, 0.5) is 0 Å². The minimum Gasteiger partial charge on any atom is -0.478 e. The molecule has 2 N–H and O–H groups in total. The number of nitrogens with one attached hydrogen (secondary N) is 1. The molecule has 0 amide bonds. The summed E-state index contributed by atoms with van der Waals surface area (Å²) in [6.45, 7) is 0.799. The summed E-state index contributed by atoms with van der Waals surface area (Å²) in [4.78, 5) is 11.1. The van der Waals surface area contributed by atoms with Gasteiger partial charge in [0.1, 0.15) is 0 Å². The Balaban J connectivity index is 1.47. The van der Waals surface area contributed by atoms with Crippen LogP contribution in [0.1, 0.15) is 54.4 Å². The maximum Gasteiger partial charge on any atom is 0.335 e. The van der Waals surface area contributed by atoms with Gasteiger partial charge in [0.2, 0.25) is 0 Å². The van der Waals surface area contributed by atoms with Crippen LogP contribution in [0.5, 0.6) is 0 Å². The van der Waals surface area contributed by atoms with E-state index < -0.39 is 5.97 Å². The number of hydrogen-bond donors (Lipinski definition) is 2. The molecule has 4 aliphatic rings. The van der Waals surface area contributed by atoms with E-state index in [1.54, 1.807) is 12.1 Å². The second-order valence-electron chi connectivity index (χ2n) is 7.56. The van der Waals surface area contributed by atoms with Gasteiger partial charge in [-0.3, -0.25) is 0 Å². The van der Waals surface area contributed by atoms with Crippen molar-refractivity contribution >= 4 is 5.97 Å². The lowest BCUT2D eigenvalue weighted by Gasteiger charge is -2.57. The van der Waals surface area contributed by atoms with Gasteiger partial charge in [-0.1, -0.05) is 12.1 Å². The van der Waals surface area contributed by atoms with E-state index in [2.05, 4.69) is 5.32 Å². The van der Waals surface area contributed by atoms with Gasteiger partial charge in [0.15, 0.2) is 0 Å². The molecule has 4 fully saturated rings. The number of rotatable bonds is 4. The topological polar surface area (TPSA) is 49.3 Å². The van der Waals surface area contributed by atoms with Crippen molar-refractivity contribution in [3.05, 3.63) is 35.4 Å². The van der Waals surface area contributed by atoms with Crippen molar-refractivity contribution < 1.29 is 9.90 Å². The lowest BCUT2D eigenvalue weighted by atomic mass is 9.53. The SMILES string of the molecule is O=C(O)c1cccc(CNC23CC4CC(CC(C4)C2)C3)c1. The van der Waals surface area contributed by atoms with Crippen LogP contribution >= 0.6 is 0 Å². The molecular formula is C18H23NO2. The standard InChI is InChI=1S/C18H23NO2/c20-17(21)16-3-1-2-12(7-16)11-19-18-8-13-4-14(9-18)6-15(5-13)10-18/h1-3,7,13-15,19H,4-6,8-11H2,(H,20,21). The minimum atomic E-state index is -0.841. The van der Waals surface area contributed by atoms with Gasteiger partial charge in [0, 0.05) is 12.1 Å². The summed E-state index contributed by atoms with van der Waals surface area (Å²) in [6, 6.07) is 7.34. The lowest BCUT2D eigenvalue weighted by Crippen LogP contribution is -2.58. The summed E-state index contributed by atoms with van der Waals surface area (Å²) in [5, 5.41) is 12.9. The first-order chi connectivity index (χ1) is 10.1. The van der Waals surface area contributed by atoms with E-state index in [0.29, 0.717) is 11.1 Å². The van der Waals surface area contributed by atoms with Crippen molar-refractivity contribution in [2.45, 2.75) is 50.6 Å². The highest BCUT2D eigenvalue weighted by molar-refractivity contribution is 5.87. The predicted octanol–water partition coefficient (Wildman–Crippen LogP) is 3.44. The molecule has 112 valence electrons. The van der Waals surface area contributed by atoms with E-state index in [9.17, 15) is 4.79 Å². The summed E-state index contributed by atoms with van der Waals surface area (Å²) in [6.07, 6.45) is 8.35. The zero-order valence-corrected chi connectivity index (χ0v) is 12.3. The first-order valence-corrected chi connectivity index (χ1v) is 8.19. The molecule has 0 spiro atoms. The molecule has 0 unspecified atom stereocenters. The summed E-state index contributed by atoms with van der Waals surface area (Å²) >= 11 is 0. The third kappa shape index (κ3) is 2.48. The third-order valence-electron chi connectivity index (χ3n) is 5.88. The number of aromatic carboxylic acids is 1. The number of carboxylic acid groups (broad SMARTS) is 1. The summed E-state index contributed by atoms with van der Waals surface area (Å²) < 4.78 is 0. The molecule has 0 heterocycles. The first-order valence-electron chi connectivity index (χ1n) is 8.19. The Morgan fingerprint density at radius 3 is 2.33 bits per heavy atom. The Morgan fingerprint density at radius 2 is 1.76 bits per heavy atom. The Morgan fingerprint density at radius 1 is 1.14 bits per heavy atom. The van der Waals surface area contributed by atoms with E-state index >= 15 is 0 Å². The van der Waals surface area contributed by atoms with Crippen LogP contribution in [0.2, 0.25) is 0 Å². The van der Waals surface area contributed by atoms with Crippen LogP contribution in [0, 0.1) is 17.8 Å². The predicted molar refractivity (Wildman–Crippen MR) is 81.1 cm³/mol. The molecule has 4 aliphatic carbocycles. The average Bonchev–Trinajstić information content (AvgIpc) is 2.44. The van der Waals surface area contributed by atoms with Gasteiger partial charge < -0.3 is 10.4 Å². The van der Waals surface area contributed by atoms with Crippen LogP contribution in [-0.4, -0.2) is 16.6 Å². The van der Waals surface area contributed by atoms with E-state index in [1.807, 2.05) is 12.1 Å². The normalized spacial score (nSPS) is 36.9. The molecule has 21 heavy (non-hydrogen) atoms. The zero-order valence-electron chi connectivity index (χ0n) is 12.3. The Kier molecular flexibility index (Phi) is 3.07. The summed E-state index contributed by atoms with van der Waals surface area (Å²) in [5.74, 6) is 1.98. The van der Waals surface area contributed by atoms with Crippen molar-refractivity contribution in [2.24, 2.45) is 17.8 Å². The van der Waals surface area contributed by atoms with Crippen LogP contribution in [-0.2, 0) is 6.54 Å². The largest absolute Gasteiger partial charge is 0.478 e. The monoisotopic (exact) mass is 285 g/mol. The van der Waals surface area contributed by atoms with Crippen molar-refractivity contribution in [3.63, 3.8) is 0 Å².